The van der Waals surface area contributed by atoms with Gasteiger partial charge in [-0.25, -0.2) is 0 Å². The van der Waals surface area contributed by atoms with Gasteiger partial charge in [0.2, 0.25) is 0 Å². The Morgan fingerprint density at radius 2 is 1.47 bits per heavy atom. The van der Waals surface area contributed by atoms with Gasteiger partial charge in [-0.2, -0.15) is 0 Å². The molecule has 3 aromatic rings. The van der Waals surface area contributed by atoms with Crippen molar-refractivity contribution >= 4 is 17.5 Å². The minimum absolute atomic E-state index is 0.911. The summed E-state index contributed by atoms with van der Waals surface area (Å²) in [6.07, 6.45) is 13.5. The normalized spacial score (nSPS) is 12.3. The van der Waals surface area contributed by atoms with Crippen LogP contribution in [0.3, 0.4) is 0 Å². The van der Waals surface area contributed by atoms with Gasteiger partial charge < -0.3 is 0 Å². The second kappa shape index (κ2) is 14.9. The van der Waals surface area contributed by atoms with Gasteiger partial charge in [-0.15, -0.1) is 0 Å². The molecule has 0 atom stereocenters. The maximum absolute atomic E-state index is 5.20. The van der Waals surface area contributed by atoms with Crippen molar-refractivity contribution in [3.63, 3.8) is 0 Å². The van der Waals surface area contributed by atoms with Gasteiger partial charge in [-0.05, 0) is 116 Å². The molecule has 0 spiro atoms. The molecule has 202 valence electrons. The number of aryl methyl sites for hydroxylation is 3. The largest absolute Gasteiger partial charge is 0.253 e. The molecule has 0 saturated heterocycles. The Labute approximate surface area is 233 Å². The first-order chi connectivity index (χ1) is 18.4. The molecule has 3 rings (SSSR count). The smallest absolute Gasteiger partial charge is 0.0642 e. The van der Waals surface area contributed by atoms with Crippen LogP contribution < -0.4 is 0 Å². The first-order valence-corrected chi connectivity index (χ1v) is 14.9. The highest BCUT2D eigenvalue weighted by Gasteiger charge is 2.10. The first kappa shape index (κ1) is 29.6. The molecule has 0 aliphatic carbocycles. The van der Waals surface area contributed by atoms with Crippen LogP contribution in [0.5, 0.6) is 0 Å². The summed E-state index contributed by atoms with van der Waals surface area (Å²) in [6.45, 7) is 15.7. The van der Waals surface area contributed by atoms with Crippen LogP contribution in [0, 0.1) is 20.8 Å². The molecule has 1 nitrogen and oxygen atoms in total. The third-order valence-corrected chi connectivity index (χ3v) is 8.00. The van der Waals surface area contributed by atoms with E-state index in [1.54, 1.807) is 0 Å². The Hall–Kier alpha value is -2.93. The second-order valence-electron chi connectivity index (χ2n) is 10.9. The van der Waals surface area contributed by atoms with Crippen LogP contribution in [-0.2, 0) is 12.8 Å². The maximum atomic E-state index is 5.20. The van der Waals surface area contributed by atoms with Crippen molar-refractivity contribution in [1.29, 1.82) is 0 Å². The van der Waals surface area contributed by atoms with Crippen LogP contribution in [0.2, 0.25) is 0 Å². The summed E-state index contributed by atoms with van der Waals surface area (Å²) in [5.74, 6) is 0. The van der Waals surface area contributed by atoms with E-state index in [2.05, 4.69) is 109 Å². The molecular weight excluding hydrogens is 458 g/mol. The zero-order chi connectivity index (χ0) is 27.5. The van der Waals surface area contributed by atoms with Crippen molar-refractivity contribution in [2.75, 3.05) is 0 Å². The van der Waals surface area contributed by atoms with Gasteiger partial charge in [0, 0.05) is 5.71 Å². The molecule has 3 aromatic carbocycles. The Morgan fingerprint density at radius 3 is 2.16 bits per heavy atom. The second-order valence-corrected chi connectivity index (χ2v) is 10.9. The average molecular weight is 508 g/mol. The van der Waals surface area contributed by atoms with E-state index in [4.69, 9.17) is 4.99 Å². The Bertz CT molecular complexity index is 1240. The Morgan fingerprint density at radius 1 is 0.763 bits per heavy atom. The van der Waals surface area contributed by atoms with Gasteiger partial charge in [-0.3, -0.25) is 4.99 Å². The highest BCUT2D eigenvalue weighted by Crippen LogP contribution is 2.32. The molecule has 1 heteroatoms. The van der Waals surface area contributed by atoms with Gasteiger partial charge >= 0.3 is 0 Å². The van der Waals surface area contributed by atoms with Gasteiger partial charge in [-0.1, -0.05) is 101 Å². The number of benzene rings is 3. The average Bonchev–Trinajstić information content (AvgIpc) is 2.92. The highest BCUT2D eigenvalue weighted by molar-refractivity contribution is 6.04. The molecule has 0 amide bonds. The summed E-state index contributed by atoms with van der Waals surface area (Å²) in [5.41, 5.74) is 14.4. The molecule has 0 heterocycles. The lowest BCUT2D eigenvalue weighted by atomic mass is 9.93. The maximum Gasteiger partial charge on any atom is 0.0642 e. The van der Waals surface area contributed by atoms with E-state index in [-0.39, 0.29) is 0 Å². The number of unbranched alkanes of at least 4 members (excludes halogenated alkanes) is 5. The van der Waals surface area contributed by atoms with Crippen LogP contribution in [-0.4, -0.2) is 5.71 Å². The van der Waals surface area contributed by atoms with Crippen LogP contribution >= 0.6 is 0 Å². The van der Waals surface area contributed by atoms with Crippen LogP contribution in [0.15, 0.2) is 65.2 Å². The number of hydrogen-bond acceptors (Lipinski definition) is 1. The first-order valence-electron chi connectivity index (χ1n) is 14.9. The number of hydrogen-bond donors (Lipinski definition) is 0. The van der Waals surface area contributed by atoms with E-state index >= 15 is 0 Å². The van der Waals surface area contributed by atoms with Crippen molar-refractivity contribution in [2.45, 2.75) is 106 Å². The van der Waals surface area contributed by atoms with Gasteiger partial charge in [0.15, 0.2) is 0 Å². The number of rotatable bonds is 13. The van der Waals surface area contributed by atoms with Gasteiger partial charge in [0.05, 0.1) is 5.69 Å². The number of nitrogens with zero attached hydrogens (tertiary/aromatic N) is 1. The molecular formula is C37H49N. The van der Waals surface area contributed by atoms with E-state index in [1.165, 1.54) is 95.0 Å². The SMILES string of the molecule is CCCCCCCCc1cc(C=C(C)C(CC)=Nc2cc(CC)c(C)c(-c3ccccc3)c2)cc(C)c1C. The standard InChI is InChI=1S/C37H49N/c1-8-11-12-13-14-16-21-34-24-31(22-27(4)29(34)6)23-28(5)37(10-3)38-35-25-32(9-2)30(7)36(26-35)33-19-17-15-18-20-33/h15,17-20,22-26H,8-14,16,21H2,1-7H3. The van der Waals surface area contributed by atoms with E-state index < -0.39 is 0 Å². The molecule has 38 heavy (non-hydrogen) atoms. The van der Waals surface area contributed by atoms with E-state index in [0.717, 1.165) is 24.2 Å². The summed E-state index contributed by atoms with van der Waals surface area (Å²) < 4.78 is 0. The third kappa shape index (κ3) is 8.03. The summed E-state index contributed by atoms with van der Waals surface area (Å²) in [4.78, 5) is 5.20. The monoisotopic (exact) mass is 507 g/mol. The zero-order valence-corrected chi connectivity index (χ0v) is 25.1. The van der Waals surface area contributed by atoms with Crippen LogP contribution in [0.4, 0.5) is 5.69 Å². The zero-order valence-electron chi connectivity index (χ0n) is 25.1. The third-order valence-electron chi connectivity index (χ3n) is 8.00. The molecule has 0 radical (unpaired) electrons. The van der Waals surface area contributed by atoms with E-state index in [1.807, 2.05) is 0 Å². The lowest BCUT2D eigenvalue weighted by molar-refractivity contribution is 0.607. The van der Waals surface area contributed by atoms with Gasteiger partial charge in [0.1, 0.15) is 0 Å². The van der Waals surface area contributed by atoms with Crippen LogP contribution in [0.25, 0.3) is 17.2 Å². The Balaban J connectivity index is 1.88. The molecule has 0 fully saturated rings. The highest BCUT2D eigenvalue weighted by atomic mass is 14.7. The Kier molecular flexibility index (Phi) is 11.6. The van der Waals surface area contributed by atoms with E-state index in [9.17, 15) is 0 Å². The van der Waals surface area contributed by atoms with Crippen molar-refractivity contribution in [1.82, 2.24) is 0 Å². The number of aliphatic imine (C=N–C) groups is 1. The van der Waals surface area contributed by atoms with Gasteiger partial charge in [0.25, 0.3) is 0 Å². The molecule has 0 N–H and O–H groups in total. The molecule has 0 aliphatic rings. The summed E-state index contributed by atoms with van der Waals surface area (Å²) in [6, 6.07) is 20.0. The lowest BCUT2D eigenvalue weighted by Crippen LogP contribution is -2.00. The fourth-order valence-electron chi connectivity index (χ4n) is 5.44. The molecule has 0 unspecified atom stereocenters. The van der Waals surface area contributed by atoms with Crippen molar-refractivity contribution in [3.05, 3.63) is 93.6 Å². The molecule has 0 aliphatic heterocycles. The van der Waals surface area contributed by atoms with Crippen molar-refractivity contribution < 1.29 is 0 Å². The van der Waals surface area contributed by atoms with E-state index in [0.29, 0.717) is 0 Å². The van der Waals surface area contributed by atoms with Crippen molar-refractivity contribution in [2.24, 2.45) is 4.99 Å². The minimum atomic E-state index is 0.911. The molecule has 0 bridgehead atoms. The van der Waals surface area contributed by atoms with Crippen LogP contribution in [0.1, 0.15) is 106 Å². The minimum Gasteiger partial charge on any atom is -0.253 e. The number of allylic oxidation sites excluding steroid dienone is 1. The van der Waals surface area contributed by atoms with Crippen molar-refractivity contribution in [3.8, 4) is 11.1 Å². The molecule has 0 aromatic heterocycles. The predicted octanol–water partition coefficient (Wildman–Crippen LogP) is 11.3. The quantitative estimate of drug-likeness (QED) is 0.161. The fraction of sp³-hybridized carbons (Fsp3) is 0.432. The summed E-state index contributed by atoms with van der Waals surface area (Å²) >= 11 is 0. The topological polar surface area (TPSA) is 12.4 Å². The fourth-order valence-corrected chi connectivity index (χ4v) is 5.44. The summed E-state index contributed by atoms with van der Waals surface area (Å²) in [7, 11) is 0. The lowest BCUT2D eigenvalue weighted by Gasteiger charge is -2.14. The summed E-state index contributed by atoms with van der Waals surface area (Å²) in [5, 5.41) is 0. The molecule has 0 saturated carbocycles. The predicted molar refractivity (Wildman–Crippen MR) is 170 cm³/mol.